The molecule has 0 aromatic heterocycles. The van der Waals surface area contributed by atoms with Crippen molar-refractivity contribution < 1.29 is 18.3 Å². The molecule has 6 heteroatoms. The second-order valence-electron chi connectivity index (χ2n) is 5.04. The molecular weight excluding hydrogens is 245 g/mol. The average Bonchev–Trinajstić information content (AvgIpc) is 2.29. The summed E-state index contributed by atoms with van der Waals surface area (Å²) < 4.78 is 36.7. The molecule has 1 aliphatic heterocycles. The predicted molar refractivity (Wildman–Crippen MR) is 64.4 cm³/mol. The van der Waals surface area contributed by atoms with Crippen LogP contribution in [0.25, 0.3) is 0 Å². The predicted octanol–water partition coefficient (Wildman–Crippen LogP) is 1.62. The maximum absolute atomic E-state index is 12.2. The van der Waals surface area contributed by atoms with Gasteiger partial charge in [0.25, 0.3) is 0 Å². The molecule has 1 fully saturated rings. The van der Waals surface area contributed by atoms with Crippen molar-refractivity contribution in [2.45, 2.75) is 45.0 Å². The molecule has 0 aromatic rings. The fourth-order valence-electron chi connectivity index (χ4n) is 2.47. The Balaban J connectivity index is 2.31. The summed E-state index contributed by atoms with van der Waals surface area (Å²) in [5, 5.41) is 12.4. The Morgan fingerprint density at radius 3 is 2.33 bits per heavy atom. The highest BCUT2D eigenvalue weighted by Gasteiger charge is 2.39. The first kappa shape index (κ1) is 15.7. The third-order valence-electron chi connectivity index (χ3n) is 3.67. The highest BCUT2D eigenvalue weighted by molar-refractivity contribution is 4.81. The van der Waals surface area contributed by atoms with Gasteiger partial charge in [-0.15, -0.1) is 0 Å². The first-order chi connectivity index (χ1) is 8.34. The first-order valence-electron chi connectivity index (χ1n) is 6.55. The summed E-state index contributed by atoms with van der Waals surface area (Å²) in [6, 6.07) is 0.407. The minimum atomic E-state index is -4.51. The van der Waals surface area contributed by atoms with E-state index in [9.17, 15) is 13.2 Å². The van der Waals surface area contributed by atoms with E-state index >= 15 is 0 Å². The van der Waals surface area contributed by atoms with Crippen LogP contribution in [0, 0.1) is 5.92 Å². The van der Waals surface area contributed by atoms with Crippen molar-refractivity contribution in [1.29, 1.82) is 0 Å². The van der Waals surface area contributed by atoms with Crippen LogP contribution >= 0.6 is 0 Å². The Kier molecular flexibility index (Phi) is 5.88. The van der Waals surface area contributed by atoms with Gasteiger partial charge in [-0.25, -0.2) is 0 Å². The lowest BCUT2D eigenvalue weighted by Crippen LogP contribution is -2.46. The minimum absolute atomic E-state index is 0.300. The molecule has 1 aliphatic rings. The molecule has 0 spiro atoms. The molecule has 18 heavy (non-hydrogen) atoms. The Morgan fingerprint density at radius 1 is 1.33 bits per heavy atom. The normalized spacial score (nSPS) is 23.0. The lowest BCUT2D eigenvalue weighted by atomic mass is 9.90. The van der Waals surface area contributed by atoms with E-state index in [0.717, 1.165) is 19.4 Å². The first-order valence-corrected chi connectivity index (χ1v) is 6.55. The van der Waals surface area contributed by atoms with Crippen LogP contribution in [-0.4, -0.2) is 54.5 Å². The topological polar surface area (TPSA) is 35.5 Å². The maximum Gasteiger partial charge on any atom is 0.415 e. The van der Waals surface area contributed by atoms with Gasteiger partial charge in [0.05, 0.1) is 0 Å². The standard InChI is InChI=1S/C12H23F3N2O/c1-3-16-9(2)10-4-6-17(7-5-10)8-11(18)12(13,14)15/h9-11,16,18H,3-8H2,1-2H3. The molecule has 1 heterocycles. The van der Waals surface area contributed by atoms with Gasteiger partial charge in [0.2, 0.25) is 0 Å². The number of nitrogens with zero attached hydrogens (tertiary/aromatic N) is 1. The zero-order valence-corrected chi connectivity index (χ0v) is 11.0. The minimum Gasteiger partial charge on any atom is -0.382 e. The van der Waals surface area contributed by atoms with E-state index in [1.54, 1.807) is 4.90 Å². The molecule has 2 N–H and O–H groups in total. The van der Waals surface area contributed by atoms with E-state index in [0.29, 0.717) is 25.0 Å². The largest absolute Gasteiger partial charge is 0.415 e. The Hall–Kier alpha value is -0.330. The van der Waals surface area contributed by atoms with Gasteiger partial charge in [0.15, 0.2) is 6.10 Å². The quantitative estimate of drug-likeness (QED) is 0.795. The monoisotopic (exact) mass is 268 g/mol. The van der Waals surface area contributed by atoms with Crippen molar-refractivity contribution >= 4 is 0 Å². The molecule has 2 atom stereocenters. The van der Waals surface area contributed by atoms with E-state index in [2.05, 4.69) is 12.2 Å². The van der Waals surface area contributed by atoms with Gasteiger partial charge in [0, 0.05) is 12.6 Å². The van der Waals surface area contributed by atoms with Crippen LogP contribution in [0.2, 0.25) is 0 Å². The maximum atomic E-state index is 12.2. The van der Waals surface area contributed by atoms with E-state index in [1.807, 2.05) is 6.92 Å². The Bertz CT molecular complexity index is 240. The van der Waals surface area contributed by atoms with Crippen molar-refractivity contribution in [2.75, 3.05) is 26.2 Å². The SMILES string of the molecule is CCNC(C)C1CCN(CC(O)C(F)(F)F)CC1. The van der Waals surface area contributed by atoms with Crippen LogP contribution in [0.15, 0.2) is 0 Å². The summed E-state index contributed by atoms with van der Waals surface area (Å²) in [6.45, 7) is 6.04. The average molecular weight is 268 g/mol. The molecule has 1 saturated heterocycles. The number of likely N-dealkylation sites (tertiary alicyclic amines) is 1. The third kappa shape index (κ3) is 4.74. The molecule has 108 valence electrons. The van der Waals surface area contributed by atoms with Crippen LogP contribution in [0.3, 0.4) is 0 Å². The second kappa shape index (κ2) is 6.73. The number of aliphatic hydroxyl groups is 1. The van der Waals surface area contributed by atoms with Gasteiger partial charge in [-0.3, -0.25) is 0 Å². The molecule has 1 rings (SSSR count). The summed E-state index contributed by atoms with van der Waals surface area (Å²) >= 11 is 0. The van der Waals surface area contributed by atoms with E-state index < -0.39 is 12.3 Å². The zero-order chi connectivity index (χ0) is 13.8. The molecule has 0 aromatic carbocycles. The van der Waals surface area contributed by atoms with E-state index in [4.69, 9.17) is 5.11 Å². The Morgan fingerprint density at radius 2 is 1.89 bits per heavy atom. The van der Waals surface area contributed by atoms with Gasteiger partial charge in [-0.2, -0.15) is 13.2 Å². The Labute approximate surface area is 106 Å². The van der Waals surface area contributed by atoms with Crippen molar-refractivity contribution in [3.63, 3.8) is 0 Å². The highest BCUT2D eigenvalue weighted by atomic mass is 19.4. The van der Waals surface area contributed by atoms with Crippen LogP contribution in [0.1, 0.15) is 26.7 Å². The van der Waals surface area contributed by atoms with Crippen molar-refractivity contribution in [3.8, 4) is 0 Å². The van der Waals surface area contributed by atoms with E-state index in [1.165, 1.54) is 0 Å². The van der Waals surface area contributed by atoms with Gasteiger partial charge in [-0.1, -0.05) is 6.92 Å². The van der Waals surface area contributed by atoms with Gasteiger partial charge in [-0.05, 0) is 45.3 Å². The summed E-state index contributed by atoms with van der Waals surface area (Å²) in [5.41, 5.74) is 0. The number of alkyl halides is 3. The number of hydrogen-bond donors (Lipinski definition) is 2. The summed E-state index contributed by atoms with van der Waals surface area (Å²) in [5.74, 6) is 0.518. The lowest BCUT2D eigenvalue weighted by Gasteiger charge is -2.36. The summed E-state index contributed by atoms with van der Waals surface area (Å²) in [6.07, 6.45) is -4.95. The van der Waals surface area contributed by atoms with Crippen molar-refractivity contribution in [1.82, 2.24) is 10.2 Å². The fraction of sp³-hybridized carbons (Fsp3) is 1.00. The number of piperidine rings is 1. The van der Waals surface area contributed by atoms with E-state index in [-0.39, 0.29) is 6.54 Å². The van der Waals surface area contributed by atoms with Crippen LogP contribution in [-0.2, 0) is 0 Å². The fourth-order valence-corrected chi connectivity index (χ4v) is 2.47. The second-order valence-corrected chi connectivity index (χ2v) is 5.04. The van der Waals surface area contributed by atoms with Crippen molar-refractivity contribution in [2.24, 2.45) is 5.92 Å². The number of rotatable bonds is 5. The van der Waals surface area contributed by atoms with Gasteiger partial charge in [0.1, 0.15) is 0 Å². The lowest BCUT2D eigenvalue weighted by molar-refractivity contribution is -0.208. The molecule has 0 amide bonds. The molecule has 0 aliphatic carbocycles. The number of hydrogen-bond acceptors (Lipinski definition) is 3. The smallest absolute Gasteiger partial charge is 0.382 e. The number of β-amino-alcohol motifs (C(OH)–C–C–N with tert-alkyl or cyclic N) is 1. The van der Waals surface area contributed by atoms with Crippen LogP contribution in [0.4, 0.5) is 13.2 Å². The third-order valence-corrected chi connectivity index (χ3v) is 3.67. The number of aliphatic hydroxyl groups excluding tert-OH is 1. The molecule has 0 radical (unpaired) electrons. The van der Waals surface area contributed by atoms with Crippen molar-refractivity contribution in [3.05, 3.63) is 0 Å². The van der Waals surface area contributed by atoms with Gasteiger partial charge < -0.3 is 15.3 Å². The zero-order valence-electron chi connectivity index (χ0n) is 11.0. The number of nitrogens with one attached hydrogen (secondary N) is 1. The molecule has 0 saturated carbocycles. The van der Waals surface area contributed by atoms with Crippen LogP contribution in [0.5, 0.6) is 0 Å². The van der Waals surface area contributed by atoms with Crippen LogP contribution < -0.4 is 5.32 Å². The summed E-state index contributed by atoms with van der Waals surface area (Å²) in [4.78, 5) is 1.70. The van der Waals surface area contributed by atoms with Gasteiger partial charge >= 0.3 is 6.18 Å². The highest BCUT2D eigenvalue weighted by Crippen LogP contribution is 2.24. The molecule has 3 nitrogen and oxygen atoms in total. The summed E-state index contributed by atoms with van der Waals surface area (Å²) in [7, 11) is 0. The molecular formula is C12H23F3N2O. The molecule has 2 unspecified atom stereocenters. The number of halogens is 3. The molecule has 0 bridgehead atoms.